The van der Waals surface area contributed by atoms with Crippen molar-refractivity contribution in [2.45, 2.75) is 19.9 Å². The zero-order chi connectivity index (χ0) is 18.6. The zero-order valence-electron chi connectivity index (χ0n) is 14.8. The van der Waals surface area contributed by atoms with Crippen LogP contribution in [0.2, 0.25) is 0 Å². The summed E-state index contributed by atoms with van der Waals surface area (Å²) in [4.78, 5) is 16.4. The number of amides is 1. The van der Waals surface area contributed by atoms with Crippen LogP contribution < -0.4 is 5.32 Å². The standard InChI is InChI=1S/C16H23N5O3S/c1-12(2)21-15(18-11-19-21)13-5-7-14(8-6-13)16(22)17-9-10-20(3)25(4,23)24/h5-8,11-12H,9-10H2,1-4H3,(H,17,22). The Balaban J connectivity index is 2.00. The molecule has 0 radical (unpaired) electrons. The third-order valence-corrected chi connectivity index (χ3v) is 5.06. The predicted molar refractivity (Wildman–Crippen MR) is 95.7 cm³/mol. The summed E-state index contributed by atoms with van der Waals surface area (Å²) in [5, 5.41) is 6.91. The minimum Gasteiger partial charge on any atom is -0.351 e. The Morgan fingerprint density at radius 3 is 2.48 bits per heavy atom. The Morgan fingerprint density at radius 2 is 1.92 bits per heavy atom. The van der Waals surface area contributed by atoms with Gasteiger partial charge in [-0.2, -0.15) is 5.10 Å². The van der Waals surface area contributed by atoms with E-state index in [1.807, 2.05) is 30.7 Å². The number of hydrogen-bond donors (Lipinski definition) is 1. The highest BCUT2D eigenvalue weighted by atomic mass is 32.2. The first-order valence-corrected chi connectivity index (χ1v) is 9.74. The lowest BCUT2D eigenvalue weighted by atomic mass is 10.1. The van der Waals surface area contributed by atoms with Gasteiger partial charge in [0, 0.05) is 37.3 Å². The van der Waals surface area contributed by atoms with E-state index in [0.717, 1.165) is 17.6 Å². The number of hydrogen-bond acceptors (Lipinski definition) is 5. The molecule has 0 unspecified atom stereocenters. The molecule has 8 nitrogen and oxygen atoms in total. The van der Waals surface area contributed by atoms with Crippen molar-refractivity contribution >= 4 is 15.9 Å². The van der Waals surface area contributed by atoms with E-state index in [9.17, 15) is 13.2 Å². The maximum Gasteiger partial charge on any atom is 0.251 e. The second-order valence-corrected chi connectivity index (χ2v) is 8.13. The molecule has 1 N–H and O–H groups in total. The van der Waals surface area contributed by atoms with Gasteiger partial charge >= 0.3 is 0 Å². The first kappa shape index (κ1) is 19.1. The van der Waals surface area contributed by atoms with E-state index in [-0.39, 0.29) is 25.0 Å². The molecule has 2 rings (SSSR count). The highest BCUT2D eigenvalue weighted by molar-refractivity contribution is 7.88. The molecule has 2 aromatic rings. The van der Waals surface area contributed by atoms with Crippen molar-refractivity contribution in [3.05, 3.63) is 36.2 Å². The van der Waals surface area contributed by atoms with Gasteiger partial charge in [0.25, 0.3) is 5.91 Å². The Hall–Kier alpha value is -2.26. The van der Waals surface area contributed by atoms with Crippen molar-refractivity contribution in [3.63, 3.8) is 0 Å². The molecule has 1 heterocycles. The maximum absolute atomic E-state index is 12.1. The van der Waals surface area contributed by atoms with Crippen molar-refractivity contribution < 1.29 is 13.2 Å². The van der Waals surface area contributed by atoms with Crippen molar-refractivity contribution in [2.75, 3.05) is 26.4 Å². The lowest BCUT2D eigenvalue weighted by Crippen LogP contribution is -2.35. The highest BCUT2D eigenvalue weighted by Crippen LogP contribution is 2.20. The van der Waals surface area contributed by atoms with Gasteiger partial charge in [0.15, 0.2) is 5.82 Å². The summed E-state index contributed by atoms with van der Waals surface area (Å²) in [5.74, 6) is 0.496. The third-order valence-electron chi connectivity index (χ3n) is 3.75. The van der Waals surface area contributed by atoms with Crippen LogP contribution in [0.1, 0.15) is 30.2 Å². The highest BCUT2D eigenvalue weighted by Gasteiger charge is 2.13. The fraction of sp³-hybridized carbons (Fsp3) is 0.438. The number of rotatable bonds is 7. The van der Waals surface area contributed by atoms with Crippen LogP contribution in [0, 0.1) is 0 Å². The van der Waals surface area contributed by atoms with Gasteiger partial charge < -0.3 is 5.32 Å². The average molecular weight is 365 g/mol. The van der Waals surface area contributed by atoms with E-state index in [1.165, 1.54) is 17.7 Å². The lowest BCUT2D eigenvalue weighted by Gasteiger charge is -2.14. The maximum atomic E-state index is 12.1. The van der Waals surface area contributed by atoms with Crippen molar-refractivity contribution in [3.8, 4) is 11.4 Å². The number of nitrogens with one attached hydrogen (secondary N) is 1. The van der Waals surface area contributed by atoms with Crippen LogP contribution in [0.5, 0.6) is 0 Å². The fourth-order valence-electron chi connectivity index (χ4n) is 2.20. The Morgan fingerprint density at radius 1 is 1.28 bits per heavy atom. The average Bonchev–Trinajstić information content (AvgIpc) is 3.03. The van der Waals surface area contributed by atoms with Crippen LogP contribution >= 0.6 is 0 Å². The summed E-state index contributed by atoms with van der Waals surface area (Å²) in [5.41, 5.74) is 1.38. The first-order chi connectivity index (χ1) is 11.7. The quantitative estimate of drug-likeness (QED) is 0.794. The minimum absolute atomic E-state index is 0.187. The summed E-state index contributed by atoms with van der Waals surface area (Å²) < 4.78 is 25.6. The number of nitrogens with zero attached hydrogens (tertiary/aromatic N) is 4. The van der Waals surface area contributed by atoms with Gasteiger partial charge in [0.2, 0.25) is 10.0 Å². The van der Waals surface area contributed by atoms with Crippen molar-refractivity contribution in [2.24, 2.45) is 0 Å². The SMILES string of the molecule is CC(C)n1ncnc1-c1ccc(C(=O)NCCN(C)S(C)(=O)=O)cc1. The minimum atomic E-state index is -3.24. The Bertz CT molecular complexity index is 828. The smallest absolute Gasteiger partial charge is 0.251 e. The number of carbonyl (C=O) groups is 1. The largest absolute Gasteiger partial charge is 0.351 e. The molecule has 25 heavy (non-hydrogen) atoms. The lowest BCUT2D eigenvalue weighted by molar-refractivity contribution is 0.0952. The van der Waals surface area contributed by atoms with Gasteiger partial charge in [-0.1, -0.05) is 12.1 Å². The molecule has 0 saturated carbocycles. The van der Waals surface area contributed by atoms with Gasteiger partial charge in [-0.3, -0.25) is 4.79 Å². The normalized spacial score (nSPS) is 11.9. The number of aromatic nitrogens is 3. The van der Waals surface area contributed by atoms with Gasteiger partial charge in [-0.05, 0) is 26.0 Å². The van der Waals surface area contributed by atoms with Crippen LogP contribution in [-0.4, -0.2) is 59.8 Å². The summed E-state index contributed by atoms with van der Waals surface area (Å²) in [6.07, 6.45) is 2.64. The molecule has 1 amide bonds. The Kier molecular flexibility index (Phi) is 5.91. The van der Waals surface area contributed by atoms with Crippen molar-refractivity contribution in [1.82, 2.24) is 24.4 Å². The number of likely N-dealkylation sites (N-methyl/N-ethyl adjacent to an activating group) is 1. The molecule has 9 heteroatoms. The van der Waals surface area contributed by atoms with E-state index in [4.69, 9.17) is 0 Å². The summed E-state index contributed by atoms with van der Waals surface area (Å²) in [7, 11) is -1.77. The second-order valence-electron chi connectivity index (χ2n) is 6.04. The van der Waals surface area contributed by atoms with Crippen LogP contribution in [0.3, 0.4) is 0 Å². The molecule has 1 aromatic carbocycles. The van der Waals surface area contributed by atoms with Crippen LogP contribution in [-0.2, 0) is 10.0 Å². The summed E-state index contributed by atoms with van der Waals surface area (Å²) in [6, 6.07) is 7.25. The second kappa shape index (κ2) is 7.75. The molecule has 0 aliphatic carbocycles. The van der Waals surface area contributed by atoms with Crippen LogP contribution in [0.15, 0.2) is 30.6 Å². The van der Waals surface area contributed by atoms with Gasteiger partial charge in [0.1, 0.15) is 6.33 Å². The number of carbonyl (C=O) groups excluding carboxylic acids is 1. The fourth-order valence-corrected chi connectivity index (χ4v) is 2.62. The molecule has 136 valence electrons. The predicted octanol–water partition coefficient (Wildman–Crippen LogP) is 1.15. The molecular formula is C16H23N5O3S. The van der Waals surface area contributed by atoms with E-state index in [1.54, 1.807) is 12.1 Å². The summed E-state index contributed by atoms with van der Waals surface area (Å²) in [6.45, 7) is 4.51. The molecule has 0 saturated heterocycles. The molecule has 1 aromatic heterocycles. The first-order valence-electron chi connectivity index (χ1n) is 7.89. The molecule has 0 aliphatic heterocycles. The van der Waals surface area contributed by atoms with Gasteiger partial charge in [-0.25, -0.2) is 22.4 Å². The molecule has 0 bridgehead atoms. The molecule has 0 aliphatic rings. The van der Waals surface area contributed by atoms with E-state index < -0.39 is 10.0 Å². The molecule has 0 fully saturated rings. The Labute approximate surface area is 147 Å². The molecular weight excluding hydrogens is 342 g/mol. The summed E-state index contributed by atoms with van der Waals surface area (Å²) >= 11 is 0. The third kappa shape index (κ3) is 4.86. The van der Waals surface area contributed by atoms with E-state index >= 15 is 0 Å². The topological polar surface area (TPSA) is 97.2 Å². The van der Waals surface area contributed by atoms with Gasteiger partial charge in [-0.15, -0.1) is 0 Å². The zero-order valence-corrected chi connectivity index (χ0v) is 15.6. The number of benzene rings is 1. The molecule has 0 spiro atoms. The monoisotopic (exact) mass is 365 g/mol. The molecule has 0 atom stereocenters. The van der Waals surface area contributed by atoms with E-state index in [2.05, 4.69) is 15.4 Å². The van der Waals surface area contributed by atoms with E-state index in [0.29, 0.717) is 5.56 Å². The number of sulfonamides is 1. The van der Waals surface area contributed by atoms with Crippen LogP contribution in [0.25, 0.3) is 11.4 Å². The van der Waals surface area contributed by atoms with Crippen LogP contribution in [0.4, 0.5) is 0 Å². The van der Waals surface area contributed by atoms with Gasteiger partial charge in [0.05, 0.1) is 6.26 Å². The van der Waals surface area contributed by atoms with Crippen molar-refractivity contribution in [1.29, 1.82) is 0 Å².